The summed E-state index contributed by atoms with van der Waals surface area (Å²) in [5.74, 6) is 0.863. The summed E-state index contributed by atoms with van der Waals surface area (Å²) in [6, 6.07) is 8.17. The van der Waals surface area contributed by atoms with Crippen LogP contribution < -0.4 is 10.1 Å². The molecular weight excluding hydrogens is 266 g/mol. The monoisotopic (exact) mass is 289 g/mol. The van der Waals surface area contributed by atoms with Gasteiger partial charge in [0, 0.05) is 25.7 Å². The molecule has 1 aromatic rings. The number of piperazine rings is 1. The van der Waals surface area contributed by atoms with Crippen molar-refractivity contribution < 1.29 is 9.53 Å². The maximum absolute atomic E-state index is 12.6. The number of fused-ring (bicyclic) bond motifs is 1. The van der Waals surface area contributed by atoms with Crippen LogP contribution in [0.4, 0.5) is 5.69 Å². The van der Waals surface area contributed by atoms with Crippen LogP contribution in [0.5, 0.6) is 5.75 Å². The Morgan fingerprint density at radius 2 is 2.19 bits per heavy atom. The van der Waals surface area contributed by atoms with Crippen LogP contribution in [-0.2, 0) is 4.79 Å². The molecule has 0 aromatic heterocycles. The van der Waals surface area contributed by atoms with Crippen LogP contribution in [0.3, 0.4) is 0 Å². The van der Waals surface area contributed by atoms with Crippen LogP contribution in [0.2, 0.25) is 0 Å². The Kier molecular flexibility index (Phi) is 4.01. The molecule has 2 aliphatic heterocycles. The summed E-state index contributed by atoms with van der Waals surface area (Å²) >= 11 is 0. The molecule has 2 aliphatic rings. The summed E-state index contributed by atoms with van der Waals surface area (Å²) in [6.45, 7) is 8.44. The number of anilines is 1. The first-order valence-corrected chi connectivity index (χ1v) is 7.71. The summed E-state index contributed by atoms with van der Waals surface area (Å²) in [4.78, 5) is 17.0. The standard InChI is InChI=1S/C16H23N3O2/c1-3-18-8-9-19(11-12(18)2)16(20)15-10-17-13-6-4-5-7-14(13)21-15/h4-7,12,15,17H,3,8-11H2,1-2H3. The van der Waals surface area contributed by atoms with Gasteiger partial charge in [-0.3, -0.25) is 9.69 Å². The minimum atomic E-state index is -0.416. The molecule has 5 heteroatoms. The predicted octanol–water partition coefficient (Wildman–Crippen LogP) is 1.41. The molecule has 2 heterocycles. The van der Waals surface area contributed by atoms with Crippen LogP contribution in [0.1, 0.15) is 13.8 Å². The smallest absolute Gasteiger partial charge is 0.265 e. The number of benzene rings is 1. The topological polar surface area (TPSA) is 44.8 Å². The van der Waals surface area contributed by atoms with Gasteiger partial charge in [-0.2, -0.15) is 0 Å². The van der Waals surface area contributed by atoms with Gasteiger partial charge in [0.25, 0.3) is 5.91 Å². The second-order valence-corrected chi connectivity index (χ2v) is 5.75. The molecule has 114 valence electrons. The van der Waals surface area contributed by atoms with Gasteiger partial charge >= 0.3 is 0 Å². The summed E-state index contributed by atoms with van der Waals surface area (Å²) in [5, 5.41) is 3.28. The van der Waals surface area contributed by atoms with Gasteiger partial charge in [0.2, 0.25) is 0 Å². The van der Waals surface area contributed by atoms with Gasteiger partial charge in [-0.1, -0.05) is 19.1 Å². The van der Waals surface area contributed by atoms with Crippen molar-refractivity contribution in [1.82, 2.24) is 9.80 Å². The van der Waals surface area contributed by atoms with E-state index in [1.54, 1.807) is 0 Å². The van der Waals surface area contributed by atoms with Crippen LogP contribution in [0, 0.1) is 0 Å². The average Bonchev–Trinajstić information content (AvgIpc) is 2.53. The lowest BCUT2D eigenvalue weighted by Crippen LogP contribution is -2.57. The summed E-state index contributed by atoms with van der Waals surface area (Å²) in [5.41, 5.74) is 0.964. The van der Waals surface area contributed by atoms with Crippen LogP contribution in [0.25, 0.3) is 0 Å². The molecule has 3 rings (SSSR count). The Morgan fingerprint density at radius 1 is 1.38 bits per heavy atom. The lowest BCUT2D eigenvalue weighted by Gasteiger charge is -2.41. The Bertz CT molecular complexity index is 520. The fourth-order valence-electron chi connectivity index (χ4n) is 3.12. The normalized spacial score (nSPS) is 25.7. The highest BCUT2D eigenvalue weighted by molar-refractivity contribution is 5.83. The van der Waals surface area contributed by atoms with Gasteiger partial charge in [-0.25, -0.2) is 0 Å². The number of amides is 1. The summed E-state index contributed by atoms with van der Waals surface area (Å²) in [6.07, 6.45) is -0.416. The third kappa shape index (κ3) is 2.83. The molecule has 1 N–H and O–H groups in total. The van der Waals surface area contributed by atoms with Gasteiger partial charge in [0.05, 0.1) is 12.2 Å². The molecule has 0 saturated carbocycles. The summed E-state index contributed by atoms with van der Waals surface area (Å²) < 4.78 is 5.87. The highest BCUT2D eigenvalue weighted by atomic mass is 16.5. The Balaban J connectivity index is 1.65. The number of carbonyl (C=O) groups excluding carboxylic acids is 1. The molecule has 21 heavy (non-hydrogen) atoms. The molecule has 5 nitrogen and oxygen atoms in total. The van der Waals surface area contributed by atoms with Gasteiger partial charge in [0.1, 0.15) is 5.75 Å². The van der Waals surface area contributed by atoms with Gasteiger partial charge in [0.15, 0.2) is 6.10 Å². The van der Waals surface area contributed by atoms with Crippen LogP contribution in [-0.4, -0.2) is 60.6 Å². The molecule has 2 atom stereocenters. The van der Waals surface area contributed by atoms with Gasteiger partial charge in [-0.15, -0.1) is 0 Å². The minimum Gasteiger partial charge on any atom is -0.477 e. The first-order chi connectivity index (χ1) is 10.2. The number of para-hydroxylation sites is 2. The lowest BCUT2D eigenvalue weighted by molar-refractivity contribution is -0.141. The van der Waals surface area contributed by atoms with Crippen molar-refractivity contribution in [3.05, 3.63) is 24.3 Å². The molecule has 0 bridgehead atoms. The minimum absolute atomic E-state index is 0.0969. The van der Waals surface area contributed by atoms with E-state index >= 15 is 0 Å². The Labute approximate surface area is 125 Å². The first kappa shape index (κ1) is 14.2. The fraction of sp³-hybridized carbons (Fsp3) is 0.562. The maximum Gasteiger partial charge on any atom is 0.265 e. The van der Waals surface area contributed by atoms with Crippen molar-refractivity contribution >= 4 is 11.6 Å². The van der Waals surface area contributed by atoms with E-state index in [1.165, 1.54) is 0 Å². The summed E-state index contributed by atoms with van der Waals surface area (Å²) in [7, 11) is 0. The Morgan fingerprint density at radius 3 is 2.95 bits per heavy atom. The number of hydrogen-bond acceptors (Lipinski definition) is 4. The maximum atomic E-state index is 12.6. The van der Waals surface area contributed by atoms with Crippen molar-refractivity contribution in [3.63, 3.8) is 0 Å². The number of ether oxygens (including phenoxy) is 1. The quantitative estimate of drug-likeness (QED) is 0.894. The second kappa shape index (κ2) is 5.93. The number of likely N-dealkylation sites (N-methyl/N-ethyl adjacent to an activating group) is 1. The third-order valence-electron chi connectivity index (χ3n) is 4.39. The van der Waals surface area contributed by atoms with Crippen molar-refractivity contribution in [2.45, 2.75) is 26.0 Å². The third-order valence-corrected chi connectivity index (χ3v) is 4.39. The lowest BCUT2D eigenvalue weighted by atomic mass is 10.1. The van der Waals surface area contributed by atoms with Gasteiger partial charge in [-0.05, 0) is 25.6 Å². The van der Waals surface area contributed by atoms with Crippen molar-refractivity contribution in [3.8, 4) is 5.75 Å². The zero-order chi connectivity index (χ0) is 14.8. The zero-order valence-electron chi connectivity index (χ0n) is 12.7. The highest BCUT2D eigenvalue weighted by Gasteiger charge is 2.33. The second-order valence-electron chi connectivity index (χ2n) is 5.75. The molecule has 1 amide bonds. The molecule has 1 fully saturated rings. The number of nitrogens with one attached hydrogen (secondary N) is 1. The first-order valence-electron chi connectivity index (χ1n) is 7.71. The molecule has 0 spiro atoms. The number of rotatable bonds is 2. The van der Waals surface area contributed by atoms with E-state index in [1.807, 2.05) is 29.2 Å². The predicted molar refractivity (Wildman–Crippen MR) is 82.6 cm³/mol. The van der Waals surface area contributed by atoms with E-state index in [0.29, 0.717) is 12.6 Å². The average molecular weight is 289 g/mol. The molecule has 0 radical (unpaired) electrons. The van der Waals surface area contributed by atoms with E-state index in [4.69, 9.17) is 4.74 Å². The highest BCUT2D eigenvalue weighted by Crippen LogP contribution is 2.28. The Hall–Kier alpha value is -1.75. The van der Waals surface area contributed by atoms with E-state index in [9.17, 15) is 4.79 Å². The molecule has 2 unspecified atom stereocenters. The number of nitrogens with zero attached hydrogens (tertiary/aromatic N) is 2. The van der Waals surface area contributed by atoms with E-state index < -0.39 is 6.10 Å². The molecule has 1 aromatic carbocycles. The van der Waals surface area contributed by atoms with Crippen LogP contribution in [0.15, 0.2) is 24.3 Å². The zero-order valence-corrected chi connectivity index (χ0v) is 12.7. The number of hydrogen-bond donors (Lipinski definition) is 1. The van der Waals surface area contributed by atoms with E-state index in [-0.39, 0.29) is 5.91 Å². The largest absolute Gasteiger partial charge is 0.477 e. The van der Waals surface area contributed by atoms with Crippen molar-refractivity contribution in [2.24, 2.45) is 0 Å². The van der Waals surface area contributed by atoms with Crippen molar-refractivity contribution in [2.75, 3.05) is 38.0 Å². The van der Waals surface area contributed by atoms with Gasteiger partial charge < -0.3 is 15.0 Å². The molecular formula is C16H23N3O2. The van der Waals surface area contributed by atoms with Crippen LogP contribution >= 0.6 is 0 Å². The molecule has 1 saturated heterocycles. The van der Waals surface area contributed by atoms with Crippen molar-refractivity contribution in [1.29, 1.82) is 0 Å². The fourth-order valence-corrected chi connectivity index (χ4v) is 3.12. The SMILES string of the molecule is CCN1CCN(C(=O)C2CNc3ccccc3O2)CC1C. The molecule has 0 aliphatic carbocycles. The van der Waals surface area contributed by atoms with E-state index in [0.717, 1.165) is 37.6 Å². The number of carbonyl (C=O) groups is 1. The van der Waals surface area contributed by atoms with E-state index in [2.05, 4.69) is 24.1 Å².